The van der Waals surface area contributed by atoms with Crippen LogP contribution in [0, 0.1) is 11.3 Å². The number of nitriles is 1. The molecule has 0 fully saturated rings. The molecule has 0 spiro atoms. The lowest BCUT2D eigenvalue weighted by molar-refractivity contribution is 0.0148. The fraction of sp³-hybridized carbons (Fsp3) is 0.462. The highest BCUT2D eigenvalue weighted by atomic mass is 79.9. The summed E-state index contributed by atoms with van der Waals surface area (Å²) in [5.74, 6) is 0. The summed E-state index contributed by atoms with van der Waals surface area (Å²) in [5.41, 5.74) is 0.611. The van der Waals surface area contributed by atoms with Gasteiger partial charge in [0.25, 0.3) is 0 Å². The summed E-state index contributed by atoms with van der Waals surface area (Å²) in [6.07, 6.45) is 0.626. The SMILES string of the molecule is COC(C)(C)CC(C#N)Nc1ccccc1Br. The van der Waals surface area contributed by atoms with E-state index in [2.05, 4.69) is 27.3 Å². The molecule has 0 amide bonds. The fourth-order valence-electron chi connectivity index (χ4n) is 1.47. The van der Waals surface area contributed by atoms with Gasteiger partial charge >= 0.3 is 0 Å². The van der Waals surface area contributed by atoms with Crippen LogP contribution in [0.15, 0.2) is 28.7 Å². The Hall–Kier alpha value is -1.05. The van der Waals surface area contributed by atoms with Gasteiger partial charge in [0.05, 0.1) is 11.7 Å². The Kier molecular flexibility index (Phi) is 4.98. The molecule has 1 N–H and O–H groups in total. The van der Waals surface area contributed by atoms with Crippen LogP contribution in [-0.2, 0) is 4.74 Å². The summed E-state index contributed by atoms with van der Waals surface area (Å²) >= 11 is 3.45. The summed E-state index contributed by atoms with van der Waals surface area (Å²) < 4.78 is 6.29. The molecule has 0 aliphatic carbocycles. The van der Waals surface area contributed by atoms with E-state index < -0.39 is 0 Å². The number of nitrogens with one attached hydrogen (secondary N) is 1. The predicted octanol–water partition coefficient (Wildman–Crippen LogP) is 3.57. The van der Waals surface area contributed by atoms with Gasteiger partial charge in [-0.1, -0.05) is 12.1 Å². The first-order valence-corrected chi connectivity index (χ1v) is 6.23. The van der Waals surface area contributed by atoms with Crippen LogP contribution in [0.5, 0.6) is 0 Å². The Morgan fingerprint density at radius 2 is 2.12 bits per heavy atom. The van der Waals surface area contributed by atoms with E-state index in [0.717, 1.165) is 10.2 Å². The number of halogens is 1. The molecular formula is C13H17BrN2O. The molecule has 0 saturated heterocycles. The van der Waals surface area contributed by atoms with Crippen molar-refractivity contribution in [3.63, 3.8) is 0 Å². The maximum absolute atomic E-state index is 9.15. The van der Waals surface area contributed by atoms with Crippen molar-refractivity contribution >= 4 is 21.6 Å². The van der Waals surface area contributed by atoms with E-state index >= 15 is 0 Å². The quantitative estimate of drug-likeness (QED) is 0.903. The third kappa shape index (κ3) is 4.37. The molecule has 17 heavy (non-hydrogen) atoms. The second-order valence-electron chi connectivity index (χ2n) is 4.47. The van der Waals surface area contributed by atoms with E-state index in [1.165, 1.54) is 0 Å². The van der Waals surface area contributed by atoms with Gasteiger partial charge in [0.1, 0.15) is 6.04 Å². The number of methoxy groups -OCH3 is 1. The van der Waals surface area contributed by atoms with E-state index in [-0.39, 0.29) is 11.6 Å². The molecule has 0 aliphatic heterocycles. The number of hydrogen-bond acceptors (Lipinski definition) is 3. The maximum Gasteiger partial charge on any atom is 0.117 e. The summed E-state index contributed by atoms with van der Waals surface area (Å²) in [5, 5.41) is 12.4. The van der Waals surface area contributed by atoms with Gasteiger partial charge in [0, 0.05) is 23.7 Å². The van der Waals surface area contributed by atoms with Crippen LogP contribution in [0.2, 0.25) is 0 Å². The minimum atomic E-state index is -0.311. The van der Waals surface area contributed by atoms with Crippen LogP contribution in [0.25, 0.3) is 0 Å². The second-order valence-corrected chi connectivity index (χ2v) is 5.33. The van der Waals surface area contributed by atoms with E-state index in [1.807, 2.05) is 38.1 Å². The third-order valence-corrected chi connectivity index (χ3v) is 3.30. The van der Waals surface area contributed by atoms with Crippen LogP contribution in [0.1, 0.15) is 20.3 Å². The van der Waals surface area contributed by atoms with Gasteiger partial charge in [-0.15, -0.1) is 0 Å². The van der Waals surface area contributed by atoms with E-state index in [1.54, 1.807) is 7.11 Å². The highest BCUT2D eigenvalue weighted by Gasteiger charge is 2.22. The molecule has 1 aromatic carbocycles. The fourth-order valence-corrected chi connectivity index (χ4v) is 1.87. The van der Waals surface area contributed by atoms with Crippen molar-refractivity contribution in [3.8, 4) is 6.07 Å². The molecule has 1 atom stereocenters. The average molecular weight is 297 g/mol. The standard InChI is InChI=1S/C13H17BrN2O/c1-13(2,17-3)8-10(9-15)16-12-7-5-4-6-11(12)14/h4-7,10,16H,8H2,1-3H3. The Labute approximate surface area is 111 Å². The molecule has 0 saturated carbocycles. The molecule has 0 radical (unpaired) electrons. The van der Waals surface area contributed by atoms with Crippen molar-refractivity contribution in [3.05, 3.63) is 28.7 Å². The van der Waals surface area contributed by atoms with E-state index in [0.29, 0.717) is 6.42 Å². The van der Waals surface area contributed by atoms with E-state index in [9.17, 15) is 0 Å². The van der Waals surface area contributed by atoms with Crippen molar-refractivity contribution in [1.29, 1.82) is 5.26 Å². The Bertz CT molecular complexity index is 412. The molecule has 3 nitrogen and oxygen atoms in total. The first kappa shape index (κ1) is 14.0. The zero-order chi connectivity index (χ0) is 12.9. The molecule has 0 bridgehead atoms. The van der Waals surface area contributed by atoms with Gasteiger partial charge in [-0.25, -0.2) is 0 Å². The number of benzene rings is 1. The van der Waals surface area contributed by atoms with Crippen molar-refractivity contribution < 1.29 is 4.74 Å². The summed E-state index contributed by atoms with van der Waals surface area (Å²) in [6, 6.07) is 9.74. The molecule has 0 aliphatic rings. The lowest BCUT2D eigenvalue weighted by Gasteiger charge is -2.26. The van der Waals surface area contributed by atoms with Crippen LogP contribution >= 0.6 is 15.9 Å². The Morgan fingerprint density at radius 3 is 2.65 bits per heavy atom. The third-order valence-electron chi connectivity index (χ3n) is 2.61. The first-order chi connectivity index (χ1) is 7.98. The zero-order valence-corrected chi connectivity index (χ0v) is 11.9. The number of para-hydroxylation sites is 1. The summed E-state index contributed by atoms with van der Waals surface area (Å²) in [4.78, 5) is 0. The number of hydrogen-bond donors (Lipinski definition) is 1. The van der Waals surface area contributed by atoms with Gasteiger partial charge in [-0.2, -0.15) is 5.26 Å². The summed E-state index contributed by atoms with van der Waals surface area (Å²) in [7, 11) is 1.66. The topological polar surface area (TPSA) is 45.0 Å². The molecule has 0 aromatic heterocycles. The minimum Gasteiger partial charge on any atom is -0.379 e. The number of rotatable bonds is 5. The number of anilines is 1. The lowest BCUT2D eigenvalue weighted by Crippen LogP contribution is -2.32. The number of ether oxygens (including phenoxy) is 1. The molecule has 0 heterocycles. The highest BCUT2D eigenvalue weighted by Crippen LogP contribution is 2.24. The molecule has 4 heteroatoms. The van der Waals surface area contributed by atoms with Gasteiger partial charge < -0.3 is 10.1 Å². The minimum absolute atomic E-state index is 0.274. The zero-order valence-electron chi connectivity index (χ0n) is 10.3. The van der Waals surface area contributed by atoms with Gasteiger partial charge in [0.2, 0.25) is 0 Å². The first-order valence-electron chi connectivity index (χ1n) is 5.44. The normalized spacial score (nSPS) is 12.9. The second kappa shape index (κ2) is 6.04. The van der Waals surface area contributed by atoms with Gasteiger partial charge in [-0.05, 0) is 41.9 Å². The largest absolute Gasteiger partial charge is 0.379 e. The van der Waals surface area contributed by atoms with Crippen molar-refractivity contribution in [1.82, 2.24) is 0 Å². The van der Waals surface area contributed by atoms with Crippen LogP contribution < -0.4 is 5.32 Å². The Balaban J connectivity index is 2.72. The van der Waals surface area contributed by atoms with Gasteiger partial charge in [-0.3, -0.25) is 0 Å². The molecule has 1 aromatic rings. The number of nitrogens with zero attached hydrogens (tertiary/aromatic N) is 1. The smallest absolute Gasteiger partial charge is 0.117 e. The van der Waals surface area contributed by atoms with Crippen LogP contribution in [0.3, 0.4) is 0 Å². The lowest BCUT2D eigenvalue weighted by atomic mass is 9.99. The average Bonchev–Trinajstić information content (AvgIpc) is 2.31. The van der Waals surface area contributed by atoms with Gasteiger partial charge in [0.15, 0.2) is 0 Å². The molecule has 1 unspecified atom stereocenters. The predicted molar refractivity (Wildman–Crippen MR) is 72.9 cm³/mol. The van der Waals surface area contributed by atoms with Crippen molar-refractivity contribution in [2.24, 2.45) is 0 Å². The van der Waals surface area contributed by atoms with E-state index in [4.69, 9.17) is 10.00 Å². The van der Waals surface area contributed by atoms with Crippen LogP contribution in [0.4, 0.5) is 5.69 Å². The molecule has 92 valence electrons. The maximum atomic E-state index is 9.15. The molecular weight excluding hydrogens is 280 g/mol. The van der Waals surface area contributed by atoms with Crippen LogP contribution in [-0.4, -0.2) is 18.8 Å². The monoisotopic (exact) mass is 296 g/mol. The highest BCUT2D eigenvalue weighted by molar-refractivity contribution is 9.10. The summed E-state index contributed by atoms with van der Waals surface area (Å²) in [6.45, 7) is 3.94. The Morgan fingerprint density at radius 1 is 1.47 bits per heavy atom. The van der Waals surface area contributed by atoms with Crippen molar-refractivity contribution in [2.75, 3.05) is 12.4 Å². The van der Waals surface area contributed by atoms with Crippen molar-refractivity contribution in [2.45, 2.75) is 31.9 Å². The molecule has 1 rings (SSSR count).